The van der Waals surface area contributed by atoms with Gasteiger partial charge in [0.1, 0.15) is 0 Å². The van der Waals surface area contributed by atoms with E-state index in [0.29, 0.717) is 6.54 Å². The van der Waals surface area contributed by atoms with E-state index in [9.17, 15) is 9.90 Å². The summed E-state index contributed by atoms with van der Waals surface area (Å²) in [5.74, 6) is -0.753. The van der Waals surface area contributed by atoms with Crippen LogP contribution in [0.15, 0.2) is 0 Å². The molecule has 1 saturated heterocycles. The Morgan fingerprint density at radius 3 is 2.86 bits per heavy atom. The first-order valence-corrected chi connectivity index (χ1v) is 5.27. The van der Waals surface area contributed by atoms with Crippen molar-refractivity contribution in [2.75, 3.05) is 13.1 Å². The second-order valence-corrected chi connectivity index (χ2v) is 3.95. The van der Waals surface area contributed by atoms with E-state index in [2.05, 4.69) is 4.90 Å². The summed E-state index contributed by atoms with van der Waals surface area (Å²) in [5.41, 5.74) is 0. The van der Waals surface area contributed by atoms with Gasteiger partial charge in [-0.3, -0.25) is 9.69 Å². The fourth-order valence-electron chi connectivity index (χ4n) is 2.05. The van der Waals surface area contributed by atoms with Gasteiger partial charge in [-0.2, -0.15) is 0 Å². The maximum absolute atomic E-state index is 10.6. The third-order valence-corrected chi connectivity index (χ3v) is 2.83. The maximum atomic E-state index is 10.6. The number of nitrogens with zero attached hydrogens (tertiary/aromatic N) is 1. The summed E-state index contributed by atoms with van der Waals surface area (Å²) in [4.78, 5) is 12.7. The lowest BCUT2D eigenvalue weighted by atomic mass is 10.0. The van der Waals surface area contributed by atoms with E-state index >= 15 is 0 Å². The smallest absolute Gasteiger partial charge is 0.304 e. The Labute approximate surface area is 84.5 Å². The summed E-state index contributed by atoms with van der Waals surface area (Å²) >= 11 is 0. The Morgan fingerprint density at radius 2 is 2.36 bits per heavy atom. The van der Waals surface area contributed by atoms with E-state index in [1.165, 1.54) is 0 Å². The van der Waals surface area contributed by atoms with Gasteiger partial charge in [-0.1, -0.05) is 6.92 Å². The number of carbonyl (C=O) groups is 1. The van der Waals surface area contributed by atoms with E-state index in [4.69, 9.17) is 5.11 Å². The Bertz CT molecular complexity index is 196. The van der Waals surface area contributed by atoms with Gasteiger partial charge in [-0.05, 0) is 25.8 Å². The van der Waals surface area contributed by atoms with Gasteiger partial charge in [0.15, 0.2) is 0 Å². The number of aliphatic carboxylic acids is 1. The maximum Gasteiger partial charge on any atom is 0.304 e. The van der Waals surface area contributed by atoms with Crippen molar-refractivity contribution in [3.05, 3.63) is 0 Å². The molecule has 0 aromatic rings. The van der Waals surface area contributed by atoms with E-state index < -0.39 is 5.97 Å². The predicted molar refractivity (Wildman–Crippen MR) is 53.1 cm³/mol. The Kier molecular flexibility index (Phi) is 4.35. The molecular formula is C10H19NO3. The van der Waals surface area contributed by atoms with Crippen LogP contribution in [-0.4, -0.2) is 46.3 Å². The molecule has 0 bridgehead atoms. The standard InChI is InChI=1S/C10H19NO3/c1-2-8(6-10(13)14)11-5-3-4-9(12)7-11/h8-9,12H,2-7H2,1H3,(H,13,14). The van der Waals surface area contributed by atoms with E-state index in [0.717, 1.165) is 25.8 Å². The summed E-state index contributed by atoms with van der Waals surface area (Å²) in [5, 5.41) is 18.2. The molecule has 0 amide bonds. The zero-order chi connectivity index (χ0) is 10.6. The molecule has 2 N–H and O–H groups in total. The molecule has 1 rings (SSSR count). The summed E-state index contributed by atoms with van der Waals surface area (Å²) in [7, 11) is 0. The minimum Gasteiger partial charge on any atom is -0.481 e. The van der Waals surface area contributed by atoms with Crippen LogP contribution in [0.5, 0.6) is 0 Å². The largest absolute Gasteiger partial charge is 0.481 e. The lowest BCUT2D eigenvalue weighted by Gasteiger charge is -2.35. The van der Waals surface area contributed by atoms with E-state index in [1.54, 1.807) is 0 Å². The highest BCUT2D eigenvalue weighted by molar-refractivity contribution is 5.67. The topological polar surface area (TPSA) is 60.8 Å². The molecule has 0 aromatic carbocycles. The number of aliphatic hydroxyl groups is 1. The summed E-state index contributed by atoms with van der Waals surface area (Å²) in [6, 6.07) is 0.0856. The third kappa shape index (κ3) is 3.27. The summed E-state index contributed by atoms with van der Waals surface area (Å²) in [6.07, 6.45) is 2.56. The quantitative estimate of drug-likeness (QED) is 0.702. The van der Waals surface area contributed by atoms with Crippen LogP contribution < -0.4 is 0 Å². The monoisotopic (exact) mass is 201 g/mol. The van der Waals surface area contributed by atoms with Crippen LogP contribution in [0.25, 0.3) is 0 Å². The molecule has 0 spiro atoms. The molecule has 1 fully saturated rings. The zero-order valence-electron chi connectivity index (χ0n) is 8.65. The molecule has 4 nitrogen and oxygen atoms in total. The Balaban J connectivity index is 2.46. The van der Waals surface area contributed by atoms with Gasteiger partial charge in [0.25, 0.3) is 0 Å². The minimum absolute atomic E-state index is 0.0856. The number of aliphatic hydroxyl groups excluding tert-OH is 1. The highest BCUT2D eigenvalue weighted by atomic mass is 16.4. The number of β-amino-alcohol motifs (C(OH)–C–C–N with tert-alkyl or cyclic N) is 1. The first-order chi connectivity index (χ1) is 6.63. The van der Waals surface area contributed by atoms with Crippen LogP contribution in [0.1, 0.15) is 32.6 Å². The van der Waals surface area contributed by atoms with Crippen molar-refractivity contribution in [1.29, 1.82) is 0 Å². The van der Waals surface area contributed by atoms with Crippen molar-refractivity contribution in [1.82, 2.24) is 4.90 Å². The number of hydrogen-bond acceptors (Lipinski definition) is 3. The highest BCUT2D eigenvalue weighted by Gasteiger charge is 2.24. The van der Waals surface area contributed by atoms with Gasteiger partial charge in [-0.15, -0.1) is 0 Å². The molecule has 4 heteroatoms. The third-order valence-electron chi connectivity index (χ3n) is 2.83. The zero-order valence-corrected chi connectivity index (χ0v) is 8.65. The van der Waals surface area contributed by atoms with Crippen LogP contribution in [-0.2, 0) is 4.79 Å². The van der Waals surface area contributed by atoms with Gasteiger partial charge in [0.2, 0.25) is 0 Å². The van der Waals surface area contributed by atoms with Crippen LogP contribution in [0.2, 0.25) is 0 Å². The van der Waals surface area contributed by atoms with Crippen molar-refractivity contribution in [2.45, 2.75) is 44.8 Å². The number of rotatable bonds is 4. The highest BCUT2D eigenvalue weighted by Crippen LogP contribution is 2.16. The van der Waals surface area contributed by atoms with Gasteiger partial charge in [0, 0.05) is 12.6 Å². The molecule has 2 unspecified atom stereocenters. The lowest BCUT2D eigenvalue weighted by Crippen LogP contribution is -2.45. The number of carboxylic acid groups (broad SMARTS) is 1. The van der Waals surface area contributed by atoms with E-state index in [1.807, 2.05) is 6.92 Å². The van der Waals surface area contributed by atoms with Gasteiger partial charge in [0.05, 0.1) is 12.5 Å². The Hall–Kier alpha value is -0.610. The molecule has 0 radical (unpaired) electrons. The lowest BCUT2D eigenvalue weighted by molar-refractivity contribution is -0.138. The average molecular weight is 201 g/mol. The molecule has 82 valence electrons. The molecule has 0 saturated carbocycles. The molecule has 1 heterocycles. The second kappa shape index (κ2) is 5.32. The molecule has 2 atom stereocenters. The van der Waals surface area contributed by atoms with E-state index in [-0.39, 0.29) is 18.6 Å². The second-order valence-electron chi connectivity index (χ2n) is 3.95. The van der Waals surface area contributed by atoms with Crippen LogP contribution in [0.3, 0.4) is 0 Å². The molecule has 0 aliphatic carbocycles. The molecule has 1 aliphatic heterocycles. The predicted octanol–water partition coefficient (Wildman–Crippen LogP) is 0.696. The van der Waals surface area contributed by atoms with Crippen molar-refractivity contribution in [2.24, 2.45) is 0 Å². The summed E-state index contributed by atoms with van der Waals surface area (Å²) < 4.78 is 0. The first kappa shape index (κ1) is 11.5. The Morgan fingerprint density at radius 1 is 1.64 bits per heavy atom. The van der Waals surface area contributed by atoms with Gasteiger partial charge in [-0.25, -0.2) is 0 Å². The minimum atomic E-state index is -0.753. The molecule has 14 heavy (non-hydrogen) atoms. The number of piperidine rings is 1. The fraction of sp³-hybridized carbons (Fsp3) is 0.900. The van der Waals surface area contributed by atoms with Crippen LogP contribution in [0.4, 0.5) is 0 Å². The number of hydrogen-bond donors (Lipinski definition) is 2. The molecule has 0 aromatic heterocycles. The van der Waals surface area contributed by atoms with Crippen molar-refractivity contribution >= 4 is 5.97 Å². The first-order valence-electron chi connectivity index (χ1n) is 5.27. The number of carboxylic acids is 1. The summed E-state index contributed by atoms with van der Waals surface area (Å²) in [6.45, 7) is 3.54. The fourth-order valence-corrected chi connectivity index (χ4v) is 2.05. The molecule has 1 aliphatic rings. The van der Waals surface area contributed by atoms with Crippen LogP contribution in [0, 0.1) is 0 Å². The van der Waals surface area contributed by atoms with Crippen molar-refractivity contribution < 1.29 is 15.0 Å². The number of likely N-dealkylation sites (tertiary alicyclic amines) is 1. The SMILES string of the molecule is CCC(CC(=O)O)N1CCCC(O)C1. The van der Waals surface area contributed by atoms with Crippen LogP contribution >= 0.6 is 0 Å². The van der Waals surface area contributed by atoms with Crippen molar-refractivity contribution in [3.8, 4) is 0 Å². The van der Waals surface area contributed by atoms with Gasteiger partial charge < -0.3 is 10.2 Å². The average Bonchev–Trinajstić information content (AvgIpc) is 2.14. The molecular weight excluding hydrogens is 182 g/mol. The van der Waals surface area contributed by atoms with Crippen molar-refractivity contribution in [3.63, 3.8) is 0 Å². The normalized spacial score (nSPS) is 26.0. The van der Waals surface area contributed by atoms with Gasteiger partial charge >= 0.3 is 5.97 Å².